The molecule has 0 amide bonds. The zero-order valence-electron chi connectivity index (χ0n) is 6.24. The minimum atomic E-state index is -0.628. The van der Waals surface area contributed by atoms with E-state index in [1.165, 1.54) is 13.3 Å². The summed E-state index contributed by atoms with van der Waals surface area (Å²) in [4.78, 5) is 18.2. The van der Waals surface area contributed by atoms with Gasteiger partial charge in [0.2, 0.25) is 0 Å². The van der Waals surface area contributed by atoms with Crippen molar-refractivity contribution in [3.05, 3.63) is 17.0 Å². The van der Waals surface area contributed by atoms with E-state index >= 15 is 0 Å². The van der Waals surface area contributed by atoms with Crippen LogP contribution in [0.15, 0.2) is 6.20 Å². The molecule has 1 heterocycles. The Morgan fingerprint density at radius 1 is 1.75 bits per heavy atom. The molecule has 0 radical (unpaired) electrons. The molecule has 0 aromatic carbocycles. The van der Waals surface area contributed by atoms with Crippen LogP contribution in [-0.2, 0) is 4.74 Å². The van der Waals surface area contributed by atoms with Gasteiger partial charge >= 0.3 is 5.97 Å². The van der Waals surface area contributed by atoms with E-state index in [0.29, 0.717) is 0 Å². The molecule has 0 saturated heterocycles. The van der Waals surface area contributed by atoms with Crippen LogP contribution in [0.3, 0.4) is 0 Å². The summed E-state index contributed by atoms with van der Waals surface area (Å²) in [6, 6.07) is 0. The van der Waals surface area contributed by atoms with Gasteiger partial charge in [0.1, 0.15) is 5.15 Å². The molecule has 1 aromatic rings. The van der Waals surface area contributed by atoms with Crippen LogP contribution in [0.25, 0.3) is 0 Å². The molecule has 0 saturated carbocycles. The molecule has 0 fully saturated rings. The van der Waals surface area contributed by atoms with Crippen molar-refractivity contribution in [2.45, 2.75) is 0 Å². The monoisotopic (exact) mass is 187 g/mol. The average Bonchev–Trinajstić information content (AvgIpc) is 2.03. The van der Waals surface area contributed by atoms with Gasteiger partial charge in [0, 0.05) is 0 Å². The Morgan fingerprint density at radius 2 is 2.42 bits per heavy atom. The first-order chi connectivity index (χ1) is 5.65. The molecule has 1 aromatic heterocycles. The Morgan fingerprint density at radius 3 is 2.92 bits per heavy atom. The molecule has 0 atom stereocenters. The third-order valence-electron chi connectivity index (χ3n) is 1.15. The predicted molar refractivity (Wildman–Crippen MR) is 42.8 cm³/mol. The van der Waals surface area contributed by atoms with Crippen LogP contribution in [-0.4, -0.2) is 23.0 Å². The highest BCUT2D eigenvalue weighted by Gasteiger charge is 2.12. The number of nitrogens with zero attached hydrogens (tertiary/aromatic N) is 2. The highest BCUT2D eigenvalue weighted by molar-refractivity contribution is 6.29. The van der Waals surface area contributed by atoms with E-state index in [0.717, 1.165) is 0 Å². The van der Waals surface area contributed by atoms with Crippen molar-refractivity contribution in [1.29, 1.82) is 0 Å². The Balaban J connectivity index is 3.09. The second kappa shape index (κ2) is 3.36. The summed E-state index contributed by atoms with van der Waals surface area (Å²) in [7, 11) is 1.23. The number of rotatable bonds is 1. The minimum Gasteiger partial charge on any atom is -0.464 e. The van der Waals surface area contributed by atoms with Gasteiger partial charge in [-0.25, -0.2) is 14.8 Å². The molecule has 0 bridgehead atoms. The first-order valence-electron chi connectivity index (χ1n) is 3.01. The molecule has 0 spiro atoms. The number of carbonyl (C=O) groups is 1. The van der Waals surface area contributed by atoms with Gasteiger partial charge in [-0.2, -0.15) is 0 Å². The third-order valence-corrected chi connectivity index (χ3v) is 1.33. The number of nitrogen functional groups attached to an aromatic ring is 1. The number of hydrogen-bond donors (Lipinski definition) is 1. The second-order valence-corrected chi connectivity index (χ2v) is 2.31. The number of methoxy groups -OCH3 is 1. The van der Waals surface area contributed by atoms with Crippen LogP contribution in [0.2, 0.25) is 5.15 Å². The average molecular weight is 188 g/mol. The van der Waals surface area contributed by atoms with Crippen molar-refractivity contribution in [3.63, 3.8) is 0 Å². The van der Waals surface area contributed by atoms with Crippen molar-refractivity contribution in [3.8, 4) is 0 Å². The highest BCUT2D eigenvalue weighted by Crippen LogP contribution is 2.10. The molecular weight excluding hydrogens is 182 g/mol. The van der Waals surface area contributed by atoms with E-state index in [1.807, 2.05) is 0 Å². The molecule has 0 aliphatic carbocycles. The first-order valence-corrected chi connectivity index (χ1v) is 3.39. The van der Waals surface area contributed by atoms with E-state index in [4.69, 9.17) is 17.3 Å². The Bertz CT molecular complexity index is 316. The van der Waals surface area contributed by atoms with Gasteiger partial charge in [-0.3, -0.25) is 0 Å². The number of carbonyl (C=O) groups excluding carboxylic acids is 1. The number of nitrogens with two attached hydrogens (primary N) is 1. The Hall–Kier alpha value is -1.36. The molecule has 12 heavy (non-hydrogen) atoms. The van der Waals surface area contributed by atoms with E-state index in [-0.39, 0.29) is 16.7 Å². The van der Waals surface area contributed by atoms with Gasteiger partial charge < -0.3 is 10.5 Å². The fraction of sp³-hybridized carbons (Fsp3) is 0.167. The van der Waals surface area contributed by atoms with Crippen molar-refractivity contribution in [2.75, 3.05) is 12.8 Å². The smallest absolute Gasteiger partial charge is 0.360 e. The number of hydrogen-bond acceptors (Lipinski definition) is 5. The number of anilines is 1. The van der Waals surface area contributed by atoms with Crippen LogP contribution in [0.1, 0.15) is 10.5 Å². The van der Waals surface area contributed by atoms with Crippen LogP contribution in [0.4, 0.5) is 5.82 Å². The number of aromatic nitrogens is 2. The lowest BCUT2D eigenvalue weighted by molar-refractivity contribution is 0.0595. The largest absolute Gasteiger partial charge is 0.464 e. The molecule has 0 aliphatic heterocycles. The summed E-state index contributed by atoms with van der Waals surface area (Å²) in [6.45, 7) is 0. The SMILES string of the molecule is COC(=O)c1ncc(Cl)nc1N. The van der Waals surface area contributed by atoms with Crippen LogP contribution >= 0.6 is 11.6 Å². The summed E-state index contributed by atoms with van der Waals surface area (Å²) in [5, 5.41) is 0.139. The lowest BCUT2D eigenvalue weighted by Gasteiger charge is -2.00. The van der Waals surface area contributed by atoms with Gasteiger partial charge in [0.05, 0.1) is 13.3 Å². The number of ether oxygens (including phenoxy) is 1. The highest BCUT2D eigenvalue weighted by atomic mass is 35.5. The van der Waals surface area contributed by atoms with Crippen molar-refractivity contribution >= 4 is 23.4 Å². The maximum atomic E-state index is 10.9. The molecular formula is C6H6ClN3O2. The van der Waals surface area contributed by atoms with Gasteiger partial charge in [-0.05, 0) is 0 Å². The van der Waals surface area contributed by atoms with Gasteiger partial charge in [0.25, 0.3) is 0 Å². The van der Waals surface area contributed by atoms with E-state index in [2.05, 4.69) is 14.7 Å². The molecule has 0 unspecified atom stereocenters. The van der Waals surface area contributed by atoms with E-state index in [9.17, 15) is 4.79 Å². The number of halogens is 1. The van der Waals surface area contributed by atoms with E-state index in [1.54, 1.807) is 0 Å². The Labute approximate surface area is 73.5 Å². The molecule has 5 nitrogen and oxygen atoms in total. The molecule has 2 N–H and O–H groups in total. The molecule has 1 rings (SSSR count). The lowest BCUT2D eigenvalue weighted by Crippen LogP contribution is -2.09. The van der Waals surface area contributed by atoms with Crippen LogP contribution in [0, 0.1) is 0 Å². The zero-order chi connectivity index (χ0) is 9.14. The summed E-state index contributed by atoms with van der Waals surface area (Å²) in [5.74, 6) is -0.661. The first kappa shape index (κ1) is 8.73. The standard InChI is InChI=1S/C6H6ClN3O2/c1-12-6(11)4-5(8)10-3(7)2-9-4/h2H,1H3,(H2,8,10). The van der Waals surface area contributed by atoms with Crippen molar-refractivity contribution < 1.29 is 9.53 Å². The third kappa shape index (κ3) is 1.62. The second-order valence-electron chi connectivity index (χ2n) is 1.92. The zero-order valence-corrected chi connectivity index (χ0v) is 7.00. The quantitative estimate of drug-likeness (QED) is 0.648. The van der Waals surface area contributed by atoms with Crippen LogP contribution in [0.5, 0.6) is 0 Å². The summed E-state index contributed by atoms with van der Waals surface area (Å²) < 4.78 is 4.39. The summed E-state index contributed by atoms with van der Waals surface area (Å²) in [5.41, 5.74) is 5.31. The molecule has 0 aliphatic rings. The fourth-order valence-electron chi connectivity index (χ4n) is 0.635. The molecule has 64 valence electrons. The van der Waals surface area contributed by atoms with Gasteiger partial charge in [0.15, 0.2) is 11.5 Å². The molecule has 6 heteroatoms. The lowest BCUT2D eigenvalue weighted by atomic mass is 10.4. The summed E-state index contributed by atoms with van der Waals surface area (Å²) in [6.07, 6.45) is 1.23. The fourth-order valence-corrected chi connectivity index (χ4v) is 0.775. The van der Waals surface area contributed by atoms with Gasteiger partial charge in [-0.15, -0.1) is 0 Å². The maximum Gasteiger partial charge on any atom is 0.360 e. The van der Waals surface area contributed by atoms with E-state index < -0.39 is 5.97 Å². The summed E-state index contributed by atoms with van der Waals surface area (Å²) >= 11 is 5.46. The van der Waals surface area contributed by atoms with Crippen molar-refractivity contribution in [1.82, 2.24) is 9.97 Å². The Kier molecular flexibility index (Phi) is 2.44. The number of esters is 1. The van der Waals surface area contributed by atoms with Crippen molar-refractivity contribution in [2.24, 2.45) is 0 Å². The van der Waals surface area contributed by atoms with Gasteiger partial charge in [-0.1, -0.05) is 11.6 Å². The predicted octanol–water partition coefficient (Wildman–Crippen LogP) is 0.499. The topological polar surface area (TPSA) is 78.1 Å². The maximum absolute atomic E-state index is 10.9. The minimum absolute atomic E-state index is 0.0260. The van der Waals surface area contributed by atoms with Crippen LogP contribution < -0.4 is 5.73 Å². The normalized spacial score (nSPS) is 9.50.